The molecular weight excluding hydrogens is 331 g/mol. The van der Waals surface area contributed by atoms with Crippen LogP contribution in [0.15, 0.2) is 30.3 Å². The molecule has 0 saturated heterocycles. The van der Waals surface area contributed by atoms with Gasteiger partial charge in [-0.25, -0.2) is 0 Å². The molecule has 128 valence electrons. The molecule has 1 saturated carbocycles. The number of nitrogens with one attached hydrogen (secondary N) is 1. The average Bonchev–Trinajstić information content (AvgIpc) is 3.36. The van der Waals surface area contributed by atoms with E-state index in [1.54, 1.807) is 0 Å². The molecule has 2 aliphatic heterocycles. The number of hydrogen-bond donors (Lipinski definition) is 1. The second-order valence-electron chi connectivity index (χ2n) is 6.80. The summed E-state index contributed by atoms with van der Waals surface area (Å²) in [6.07, 6.45) is -2.93. The summed E-state index contributed by atoms with van der Waals surface area (Å²) < 4.78 is 44.6. The van der Waals surface area contributed by atoms with Crippen LogP contribution in [0.3, 0.4) is 0 Å². The lowest BCUT2D eigenvalue weighted by molar-refractivity contribution is -0.137. The smallest absolute Gasteiger partial charge is 0.416 e. The van der Waals surface area contributed by atoms with Gasteiger partial charge in [0.05, 0.1) is 12.2 Å². The molecule has 2 atom stereocenters. The lowest BCUT2D eigenvalue weighted by Crippen LogP contribution is -2.21. The van der Waals surface area contributed by atoms with Crippen LogP contribution in [0.1, 0.15) is 29.0 Å². The Hall–Kier alpha value is -2.50. The number of hydrogen-bond acceptors (Lipinski definition) is 2. The maximum Gasteiger partial charge on any atom is 0.416 e. The number of amides is 1. The molecule has 2 unspecified atom stereocenters. The fourth-order valence-corrected chi connectivity index (χ4v) is 4.05. The summed E-state index contributed by atoms with van der Waals surface area (Å²) in [7, 11) is 0. The lowest BCUT2D eigenvalue weighted by Gasteiger charge is -2.21. The highest BCUT2D eigenvalue weighted by Gasteiger charge is 2.49. The van der Waals surface area contributed by atoms with Gasteiger partial charge >= 0.3 is 6.18 Å². The van der Waals surface area contributed by atoms with Gasteiger partial charge in [-0.2, -0.15) is 13.2 Å². The van der Waals surface area contributed by atoms with E-state index in [0.29, 0.717) is 18.6 Å². The first-order valence-corrected chi connectivity index (χ1v) is 8.24. The quantitative estimate of drug-likeness (QED) is 0.770. The SMILES string of the molecule is O=C1Nc2ccc3c(c2C2CC12)CCOc1cc(C(F)(F)F)ccc1-3. The van der Waals surface area contributed by atoms with E-state index in [1.165, 1.54) is 6.07 Å². The fourth-order valence-electron chi connectivity index (χ4n) is 4.05. The van der Waals surface area contributed by atoms with Gasteiger partial charge in [0, 0.05) is 23.6 Å². The Bertz CT molecular complexity index is 920. The molecule has 6 heteroatoms. The Labute approximate surface area is 141 Å². The Balaban J connectivity index is 1.68. The molecule has 0 radical (unpaired) electrons. The first kappa shape index (κ1) is 14.8. The van der Waals surface area contributed by atoms with Crippen molar-refractivity contribution in [1.82, 2.24) is 0 Å². The van der Waals surface area contributed by atoms with Gasteiger partial charge in [0.25, 0.3) is 0 Å². The Morgan fingerprint density at radius 1 is 1.08 bits per heavy atom. The Morgan fingerprint density at radius 2 is 1.88 bits per heavy atom. The van der Waals surface area contributed by atoms with Crippen molar-refractivity contribution in [2.24, 2.45) is 5.92 Å². The van der Waals surface area contributed by atoms with Crippen LogP contribution in [0.4, 0.5) is 18.9 Å². The zero-order valence-corrected chi connectivity index (χ0v) is 13.1. The van der Waals surface area contributed by atoms with E-state index in [9.17, 15) is 18.0 Å². The van der Waals surface area contributed by atoms with Gasteiger partial charge in [-0.05, 0) is 47.2 Å². The highest BCUT2D eigenvalue weighted by Crippen LogP contribution is 2.56. The highest BCUT2D eigenvalue weighted by molar-refractivity contribution is 6.00. The molecule has 3 nitrogen and oxygen atoms in total. The second-order valence-corrected chi connectivity index (χ2v) is 6.80. The van der Waals surface area contributed by atoms with Crippen molar-refractivity contribution in [2.75, 3.05) is 11.9 Å². The van der Waals surface area contributed by atoms with Gasteiger partial charge in [0.2, 0.25) is 5.91 Å². The van der Waals surface area contributed by atoms with Gasteiger partial charge in [-0.15, -0.1) is 0 Å². The monoisotopic (exact) mass is 345 g/mol. The van der Waals surface area contributed by atoms with Gasteiger partial charge in [0.1, 0.15) is 5.75 Å². The predicted molar refractivity (Wildman–Crippen MR) is 85.6 cm³/mol. The minimum Gasteiger partial charge on any atom is -0.493 e. The number of fused-ring (bicyclic) bond motifs is 7. The normalized spacial score (nSPS) is 23.2. The van der Waals surface area contributed by atoms with E-state index in [-0.39, 0.29) is 23.5 Å². The minimum absolute atomic E-state index is 0.0373. The maximum atomic E-state index is 13.0. The minimum atomic E-state index is -4.39. The predicted octanol–water partition coefficient (Wildman–Crippen LogP) is 4.36. The third-order valence-electron chi connectivity index (χ3n) is 5.32. The topological polar surface area (TPSA) is 38.3 Å². The summed E-state index contributed by atoms with van der Waals surface area (Å²) in [4.78, 5) is 11.9. The molecule has 2 aromatic carbocycles. The van der Waals surface area contributed by atoms with E-state index in [0.717, 1.165) is 40.9 Å². The molecule has 0 spiro atoms. The molecule has 1 fully saturated rings. The third-order valence-corrected chi connectivity index (χ3v) is 5.32. The van der Waals surface area contributed by atoms with Crippen LogP contribution in [-0.4, -0.2) is 12.5 Å². The molecule has 1 amide bonds. The molecule has 0 aromatic heterocycles. The second kappa shape index (κ2) is 4.77. The maximum absolute atomic E-state index is 13.0. The molecule has 2 heterocycles. The molecule has 25 heavy (non-hydrogen) atoms. The molecule has 2 aromatic rings. The van der Waals surface area contributed by atoms with Crippen molar-refractivity contribution in [1.29, 1.82) is 0 Å². The Kier molecular flexibility index (Phi) is 2.83. The highest BCUT2D eigenvalue weighted by atomic mass is 19.4. The molecular formula is C19H14F3NO2. The summed E-state index contributed by atoms with van der Waals surface area (Å²) >= 11 is 0. The van der Waals surface area contributed by atoms with Crippen LogP contribution in [0.5, 0.6) is 5.75 Å². The van der Waals surface area contributed by atoms with Crippen molar-refractivity contribution in [3.05, 3.63) is 47.0 Å². The average molecular weight is 345 g/mol. The standard InChI is InChI=1S/C19H14F3NO2/c20-19(21,22)9-1-2-11-10-3-4-15-17(13-8-14(13)18(24)23-15)12(10)5-6-25-16(11)7-9/h1-4,7,13-14H,5-6,8H2,(H,23,24). The number of halogens is 3. The van der Waals surface area contributed by atoms with E-state index >= 15 is 0 Å². The van der Waals surface area contributed by atoms with Crippen LogP contribution in [0, 0.1) is 5.92 Å². The van der Waals surface area contributed by atoms with E-state index < -0.39 is 11.7 Å². The van der Waals surface area contributed by atoms with Gasteiger partial charge in [-0.1, -0.05) is 12.1 Å². The molecule has 1 N–H and O–H groups in total. The number of ether oxygens (including phenoxy) is 1. The summed E-state index contributed by atoms with van der Waals surface area (Å²) in [5.41, 5.74) is 3.93. The summed E-state index contributed by atoms with van der Waals surface area (Å²) in [6, 6.07) is 7.38. The van der Waals surface area contributed by atoms with Crippen molar-refractivity contribution >= 4 is 11.6 Å². The van der Waals surface area contributed by atoms with E-state index in [1.807, 2.05) is 12.1 Å². The number of alkyl halides is 3. The number of carbonyl (C=O) groups excluding carboxylic acids is 1. The van der Waals surface area contributed by atoms with Crippen LogP contribution < -0.4 is 10.1 Å². The number of rotatable bonds is 0. The largest absolute Gasteiger partial charge is 0.493 e. The van der Waals surface area contributed by atoms with E-state index in [2.05, 4.69) is 5.32 Å². The van der Waals surface area contributed by atoms with Crippen molar-refractivity contribution in [3.8, 4) is 16.9 Å². The number of anilines is 1. The zero-order valence-electron chi connectivity index (χ0n) is 13.1. The first-order valence-electron chi connectivity index (χ1n) is 8.24. The molecule has 1 aliphatic carbocycles. The van der Waals surface area contributed by atoms with Gasteiger partial charge in [-0.3, -0.25) is 4.79 Å². The molecule has 0 bridgehead atoms. The van der Waals surface area contributed by atoms with Crippen LogP contribution in [0.2, 0.25) is 0 Å². The van der Waals surface area contributed by atoms with Crippen LogP contribution >= 0.6 is 0 Å². The zero-order chi connectivity index (χ0) is 17.3. The molecule has 5 rings (SSSR count). The van der Waals surface area contributed by atoms with Crippen LogP contribution in [-0.2, 0) is 17.4 Å². The van der Waals surface area contributed by atoms with Crippen molar-refractivity contribution in [2.45, 2.75) is 24.9 Å². The number of benzene rings is 2. The van der Waals surface area contributed by atoms with Crippen molar-refractivity contribution in [3.63, 3.8) is 0 Å². The fraction of sp³-hybridized carbons (Fsp3) is 0.316. The van der Waals surface area contributed by atoms with Crippen LogP contribution in [0.25, 0.3) is 11.1 Å². The lowest BCUT2D eigenvalue weighted by atomic mass is 9.88. The van der Waals surface area contributed by atoms with E-state index in [4.69, 9.17) is 4.74 Å². The summed E-state index contributed by atoms with van der Waals surface area (Å²) in [5.74, 6) is 0.600. The van der Waals surface area contributed by atoms with Gasteiger partial charge in [0.15, 0.2) is 0 Å². The third kappa shape index (κ3) is 2.16. The Morgan fingerprint density at radius 3 is 2.68 bits per heavy atom. The first-order chi connectivity index (χ1) is 11.9. The molecule has 3 aliphatic rings. The van der Waals surface area contributed by atoms with Gasteiger partial charge < -0.3 is 10.1 Å². The number of carbonyl (C=O) groups is 1. The summed E-state index contributed by atoms with van der Waals surface area (Å²) in [5, 5.41) is 2.95. The van der Waals surface area contributed by atoms with Crippen molar-refractivity contribution < 1.29 is 22.7 Å². The summed E-state index contributed by atoms with van der Waals surface area (Å²) in [6.45, 7) is 0.323.